The Kier molecular flexibility index (Phi) is 5.28. The summed E-state index contributed by atoms with van der Waals surface area (Å²) in [5, 5.41) is 1.52. The third kappa shape index (κ3) is 3.21. The Morgan fingerprint density at radius 2 is 1.84 bits per heavy atom. The van der Waals surface area contributed by atoms with Gasteiger partial charge in [0.15, 0.2) is 0 Å². The van der Waals surface area contributed by atoms with Crippen LogP contribution in [0.2, 0.25) is 5.02 Å². The highest BCUT2D eigenvalue weighted by atomic mass is 35.5. The molecule has 0 aliphatic carbocycles. The van der Waals surface area contributed by atoms with Crippen molar-refractivity contribution in [2.45, 2.75) is 0 Å². The standard InChI is InChI=1S/C24H23ClN4O3/c1-31-24(30)21-20(15-6-2-4-8-17(15)25)23(28-10-12-32-13-11-28)29(22(21)26)19-14-27-18-9-5-3-7-16(18)19/h2-9,14,27H,10-13,26H2,1H3. The molecule has 0 bridgehead atoms. The van der Waals surface area contributed by atoms with Crippen LogP contribution >= 0.6 is 11.6 Å². The number of benzene rings is 2. The van der Waals surface area contributed by atoms with Crippen molar-refractivity contribution < 1.29 is 14.3 Å². The Balaban J connectivity index is 1.89. The lowest BCUT2D eigenvalue weighted by Gasteiger charge is -2.31. The molecule has 7 nitrogen and oxygen atoms in total. The Labute approximate surface area is 190 Å². The zero-order valence-electron chi connectivity index (χ0n) is 17.6. The second-order valence-electron chi connectivity index (χ2n) is 7.58. The minimum atomic E-state index is -0.509. The fraction of sp³-hybridized carbons (Fsp3) is 0.208. The van der Waals surface area contributed by atoms with Crippen LogP contribution < -0.4 is 10.6 Å². The number of rotatable bonds is 4. The van der Waals surface area contributed by atoms with Crippen molar-refractivity contribution in [3.63, 3.8) is 0 Å². The predicted octanol–water partition coefficient (Wildman–Crippen LogP) is 4.48. The number of esters is 1. The lowest BCUT2D eigenvalue weighted by atomic mass is 10.0. The fourth-order valence-corrected chi connectivity index (χ4v) is 4.60. The highest BCUT2D eigenvalue weighted by molar-refractivity contribution is 6.34. The van der Waals surface area contributed by atoms with Gasteiger partial charge in [-0.15, -0.1) is 0 Å². The third-order valence-corrected chi connectivity index (χ3v) is 6.16. The summed E-state index contributed by atoms with van der Waals surface area (Å²) >= 11 is 6.62. The molecule has 1 aliphatic rings. The van der Waals surface area contributed by atoms with Gasteiger partial charge in [0.05, 0.1) is 26.0 Å². The van der Waals surface area contributed by atoms with E-state index in [4.69, 9.17) is 26.8 Å². The number of fused-ring (bicyclic) bond motifs is 1. The number of morpholine rings is 1. The van der Waals surface area contributed by atoms with Crippen molar-refractivity contribution in [3.8, 4) is 16.8 Å². The molecular weight excluding hydrogens is 428 g/mol. The Hall–Kier alpha value is -3.42. The van der Waals surface area contributed by atoms with Crippen LogP contribution in [-0.4, -0.2) is 48.9 Å². The molecule has 0 atom stereocenters. The number of nitrogens with two attached hydrogens (primary N) is 1. The van der Waals surface area contributed by atoms with Crippen molar-refractivity contribution in [2.24, 2.45) is 0 Å². The number of hydrogen-bond donors (Lipinski definition) is 2. The number of aromatic amines is 1. The normalized spacial score (nSPS) is 14.1. The number of nitrogens with zero attached hydrogens (tertiary/aromatic N) is 2. The second-order valence-corrected chi connectivity index (χ2v) is 7.99. The van der Waals surface area contributed by atoms with Gasteiger partial charge in [-0.05, 0) is 12.1 Å². The SMILES string of the molecule is COC(=O)c1c(-c2ccccc2Cl)c(N2CCOCC2)n(-c2c[nH]c3ccccc23)c1N. The molecule has 1 fully saturated rings. The number of methoxy groups -OCH3 is 1. The van der Waals surface area contributed by atoms with Gasteiger partial charge in [0.1, 0.15) is 17.2 Å². The first-order valence-corrected chi connectivity index (χ1v) is 10.8. The molecule has 3 N–H and O–H groups in total. The van der Waals surface area contributed by atoms with Crippen LogP contribution in [0.5, 0.6) is 0 Å². The molecule has 8 heteroatoms. The molecule has 3 heterocycles. The first-order chi connectivity index (χ1) is 15.6. The number of carbonyl (C=O) groups excluding carboxylic acids is 1. The van der Waals surface area contributed by atoms with E-state index in [-0.39, 0.29) is 0 Å². The van der Waals surface area contributed by atoms with Gasteiger partial charge < -0.3 is 25.1 Å². The number of para-hydroxylation sites is 1. The molecule has 0 saturated carbocycles. The van der Waals surface area contributed by atoms with Gasteiger partial charge in [0, 0.05) is 46.3 Å². The Morgan fingerprint density at radius 3 is 2.59 bits per heavy atom. The van der Waals surface area contributed by atoms with Crippen LogP contribution in [0.4, 0.5) is 11.6 Å². The molecule has 5 rings (SSSR count). The van der Waals surface area contributed by atoms with Gasteiger partial charge in [-0.2, -0.15) is 0 Å². The summed E-state index contributed by atoms with van der Waals surface area (Å²) in [5.74, 6) is 0.590. The first kappa shape index (κ1) is 20.5. The van der Waals surface area contributed by atoms with Gasteiger partial charge in [-0.25, -0.2) is 4.79 Å². The monoisotopic (exact) mass is 450 g/mol. The number of nitrogen functional groups attached to an aromatic ring is 1. The number of ether oxygens (including phenoxy) is 2. The van der Waals surface area contributed by atoms with E-state index in [1.54, 1.807) is 6.07 Å². The van der Waals surface area contributed by atoms with Crippen molar-refractivity contribution in [2.75, 3.05) is 44.0 Å². The Morgan fingerprint density at radius 1 is 1.12 bits per heavy atom. The van der Waals surface area contributed by atoms with E-state index in [1.165, 1.54) is 7.11 Å². The van der Waals surface area contributed by atoms with Crippen molar-refractivity contribution in [1.82, 2.24) is 9.55 Å². The van der Waals surface area contributed by atoms with Gasteiger partial charge >= 0.3 is 5.97 Å². The van der Waals surface area contributed by atoms with Crippen LogP contribution in [0.15, 0.2) is 54.7 Å². The molecule has 1 aliphatic heterocycles. The minimum absolute atomic E-state index is 0.298. The van der Waals surface area contributed by atoms with Gasteiger partial charge in [-0.3, -0.25) is 4.57 Å². The summed E-state index contributed by atoms with van der Waals surface area (Å²) in [5.41, 5.74) is 10.2. The van der Waals surface area contributed by atoms with E-state index in [9.17, 15) is 4.79 Å². The van der Waals surface area contributed by atoms with Crippen LogP contribution in [-0.2, 0) is 9.47 Å². The molecule has 164 valence electrons. The van der Waals surface area contributed by atoms with Crippen molar-refractivity contribution in [3.05, 3.63) is 65.3 Å². The topological polar surface area (TPSA) is 85.5 Å². The molecule has 0 spiro atoms. The fourth-order valence-electron chi connectivity index (χ4n) is 4.37. The van der Waals surface area contributed by atoms with E-state index < -0.39 is 5.97 Å². The number of halogens is 1. The third-order valence-electron chi connectivity index (χ3n) is 5.83. The highest BCUT2D eigenvalue weighted by Crippen LogP contribution is 2.46. The molecule has 32 heavy (non-hydrogen) atoms. The zero-order valence-corrected chi connectivity index (χ0v) is 18.4. The molecule has 1 saturated heterocycles. The predicted molar refractivity (Wildman–Crippen MR) is 127 cm³/mol. The molecule has 0 unspecified atom stereocenters. The quantitative estimate of drug-likeness (QED) is 0.447. The van der Waals surface area contributed by atoms with E-state index in [1.807, 2.05) is 53.2 Å². The zero-order chi connectivity index (χ0) is 22.2. The molecule has 0 amide bonds. The average Bonchev–Trinajstić information content (AvgIpc) is 3.38. The first-order valence-electron chi connectivity index (χ1n) is 10.4. The molecule has 2 aromatic carbocycles. The number of hydrogen-bond acceptors (Lipinski definition) is 5. The lowest BCUT2D eigenvalue weighted by molar-refractivity contribution is 0.0603. The number of nitrogens with one attached hydrogen (secondary N) is 1. The summed E-state index contributed by atoms with van der Waals surface area (Å²) < 4.78 is 12.7. The maximum Gasteiger partial charge on any atom is 0.342 e. The summed E-state index contributed by atoms with van der Waals surface area (Å²) in [6.07, 6.45) is 1.91. The van der Waals surface area contributed by atoms with E-state index in [0.29, 0.717) is 48.3 Å². The lowest BCUT2D eigenvalue weighted by Crippen LogP contribution is -2.37. The number of aromatic nitrogens is 2. The summed E-state index contributed by atoms with van der Waals surface area (Å²) in [4.78, 5) is 18.5. The minimum Gasteiger partial charge on any atom is -0.465 e. The van der Waals surface area contributed by atoms with E-state index >= 15 is 0 Å². The number of anilines is 2. The van der Waals surface area contributed by atoms with Gasteiger partial charge in [-0.1, -0.05) is 48.0 Å². The molecule has 4 aromatic rings. The summed E-state index contributed by atoms with van der Waals surface area (Å²) in [6.45, 7) is 2.47. The molecule has 2 aromatic heterocycles. The van der Waals surface area contributed by atoms with E-state index in [2.05, 4.69) is 9.88 Å². The van der Waals surface area contributed by atoms with Crippen LogP contribution in [0, 0.1) is 0 Å². The van der Waals surface area contributed by atoms with Crippen LogP contribution in [0.3, 0.4) is 0 Å². The average molecular weight is 451 g/mol. The van der Waals surface area contributed by atoms with Crippen LogP contribution in [0.25, 0.3) is 27.7 Å². The van der Waals surface area contributed by atoms with Crippen molar-refractivity contribution >= 4 is 40.1 Å². The van der Waals surface area contributed by atoms with E-state index in [0.717, 1.165) is 28.0 Å². The maximum atomic E-state index is 13.0. The Bertz CT molecular complexity index is 1300. The van der Waals surface area contributed by atoms with Crippen molar-refractivity contribution in [1.29, 1.82) is 0 Å². The number of carbonyl (C=O) groups is 1. The largest absolute Gasteiger partial charge is 0.465 e. The highest BCUT2D eigenvalue weighted by Gasteiger charge is 2.33. The second kappa shape index (κ2) is 8.26. The summed E-state index contributed by atoms with van der Waals surface area (Å²) in [7, 11) is 1.36. The molecular formula is C24H23ClN4O3. The smallest absolute Gasteiger partial charge is 0.342 e. The van der Waals surface area contributed by atoms with Crippen LogP contribution in [0.1, 0.15) is 10.4 Å². The van der Waals surface area contributed by atoms with Gasteiger partial charge in [0.2, 0.25) is 0 Å². The molecule has 0 radical (unpaired) electrons. The number of H-pyrrole nitrogens is 1. The van der Waals surface area contributed by atoms with Gasteiger partial charge in [0.25, 0.3) is 0 Å². The summed E-state index contributed by atoms with van der Waals surface area (Å²) in [6, 6.07) is 15.4. The maximum absolute atomic E-state index is 13.0.